The maximum absolute atomic E-state index is 17.0. The predicted molar refractivity (Wildman–Crippen MR) is 258 cm³/mol. The fraction of sp³-hybridized carbons (Fsp3) is 0.392. The van der Waals surface area contributed by atoms with Crippen molar-refractivity contribution in [1.82, 2.24) is 54.5 Å². The zero-order valence-corrected chi connectivity index (χ0v) is 40.1. The smallest absolute Gasteiger partial charge is 0.407 e. The van der Waals surface area contributed by atoms with Crippen molar-refractivity contribution in [2.45, 2.75) is 83.8 Å². The van der Waals surface area contributed by atoms with Crippen molar-refractivity contribution in [3.8, 4) is 39.5 Å². The predicted octanol–water partition coefficient (Wildman–Crippen LogP) is 8.14. The van der Waals surface area contributed by atoms with Gasteiger partial charge in [-0.25, -0.2) is 28.9 Å². The van der Waals surface area contributed by atoms with Gasteiger partial charge in [0.15, 0.2) is 5.82 Å². The fourth-order valence-corrected chi connectivity index (χ4v) is 10.3. The molecule has 70 heavy (non-hydrogen) atoms. The van der Waals surface area contributed by atoms with E-state index in [-0.39, 0.29) is 41.3 Å². The van der Waals surface area contributed by atoms with Crippen molar-refractivity contribution in [1.29, 1.82) is 0 Å². The Morgan fingerprint density at radius 2 is 1.34 bits per heavy atom. The SMILES string of the molecule is COC(=O)N[C@H](C(=O)N1CCC[C@H]1c1ncc(-c2cc(F)c3c(c2)OC(c2nc4ccccc4n2C)n2c-3cc3cc(-c4cnc([C@@H]5CCCN5C(=O)[C@@H](NC(=O)OC)C(C)C)[nH]4)ccc32)[nH]1)C(C)C. The molecule has 2 fully saturated rings. The van der Waals surface area contributed by atoms with Crippen LogP contribution in [0.5, 0.6) is 5.75 Å². The van der Waals surface area contributed by atoms with Gasteiger partial charge in [-0.2, -0.15) is 0 Å². The minimum Gasteiger partial charge on any atom is -0.462 e. The summed E-state index contributed by atoms with van der Waals surface area (Å²) in [5.41, 5.74) is 6.02. The highest BCUT2D eigenvalue weighted by atomic mass is 19.1. The second-order valence-electron chi connectivity index (χ2n) is 19.0. The van der Waals surface area contributed by atoms with Crippen molar-refractivity contribution in [3.63, 3.8) is 0 Å². The Morgan fingerprint density at radius 1 is 0.757 bits per heavy atom. The molecule has 3 aromatic carbocycles. The monoisotopic (exact) mass is 953 g/mol. The number of amides is 4. The van der Waals surface area contributed by atoms with Crippen molar-refractivity contribution in [2.24, 2.45) is 18.9 Å². The molecule has 18 nitrogen and oxygen atoms in total. The van der Waals surface area contributed by atoms with E-state index in [0.29, 0.717) is 66.1 Å². The van der Waals surface area contributed by atoms with E-state index in [0.717, 1.165) is 46.0 Å². The number of imidazole rings is 3. The number of rotatable bonds is 11. The second kappa shape index (κ2) is 18.3. The van der Waals surface area contributed by atoms with Gasteiger partial charge in [-0.3, -0.25) is 14.2 Å². The second-order valence-corrected chi connectivity index (χ2v) is 19.0. The number of hydrogen-bond donors (Lipinski definition) is 4. The molecule has 7 aromatic rings. The number of carbonyl (C=O) groups excluding carboxylic acids is 4. The molecule has 7 heterocycles. The minimum atomic E-state index is -0.797. The van der Waals surface area contributed by atoms with E-state index in [1.807, 2.05) is 98.5 Å². The molecule has 0 spiro atoms. The number of ether oxygens (including phenoxy) is 3. The molecular weight excluding hydrogens is 898 g/mol. The first-order chi connectivity index (χ1) is 33.7. The Hall–Kier alpha value is -7.70. The highest BCUT2D eigenvalue weighted by Crippen LogP contribution is 2.48. The zero-order chi connectivity index (χ0) is 49.1. The highest BCUT2D eigenvalue weighted by molar-refractivity contribution is 5.93. The van der Waals surface area contributed by atoms with Gasteiger partial charge in [-0.1, -0.05) is 45.9 Å². The van der Waals surface area contributed by atoms with Gasteiger partial charge in [0.2, 0.25) is 18.0 Å². The van der Waals surface area contributed by atoms with Gasteiger partial charge in [0.05, 0.1) is 77.9 Å². The number of para-hydroxylation sites is 2. The van der Waals surface area contributed by atoms with Gasteiger partial charge < -0.3 is 49.2 Å². The number of H-pyrrole nitrogens is 2. The number of methoxy groups -OCH3 is 2. The van der Waals surface area contributed by atoms with E-state index in [1.54, 1.807) is 22.2 Å². The normalized spacial score (nSPS) is 18.5. The molecule has 4 N–H and O–H groups in total. The number of hydrogen-bond acceptors (Lipinski definition) is 10. The van der Waals surface area contributed by atoms with Gasteiger partial charge in [0.25, 0.3) is 0 Å². The van der Waals surface area contributed by atoms with Crippen LogP contribution in [0.15, 0.2) is 73.1 Å². The number of likely N-dealkylation sites (tertiary alicyclic amines) is 2. The van der Waals surface area contributed by atoms with Crippen LogP contribution in [0.3, 0.4) is 0 Å². The molecule has 19 heteroatoms. The minimum absolute atomic E-state index is 0.162. The molecule has 0 aliphatic carbocycles. The van der Waals surface area contributed by atoms with Crippen LogP contribution in [0.4, 0.5) is 14.0 Å². The molecule has 10 rings (SSSR count). The van der Waals surface area contributed by atoms with Crippen LogP contribution in [0.2, 0.25) is 0 Å². The number of carbonyl (C=O) groups is 4. The van der Waals surface area contributed by atoms with Gasteiger partial charge in [0, 0.05) is 36.7 Å². The summed E-state index contributed by atoms with van der Waals surface area (Å²) in [6.07, 6.45) is 4.17. The summed E-state index contributed by atoms with van der Waals surface area (Å²) in [5.74, 6) is 0.870. The summed E-state index contributed by atoms with van der Waals surface area (Å²) in [6.45, 7) is 8.52. The number of nitrogens with one attached hydrogen (secondary N) is 4. The Bertz CT molecular complexity index is 3170. The molecule has 4 amide bonds. The van der Waals surface area contributed by atoms with Crippen LogP contribution in [0.25, 0.3) is 55.7 Å². The maximum atomic E-state index is 17.0. The van der Waals surface area contributed by atoms with Gasteiger partial charge >= 0.3 is 12.2 Å². The Morgan fingerprint density at radius 3 is 1.91 bits per heavy atom. The lowest BCUT2D eigenvalue weighted by Crippen LogP contribution is -2.51. The largest absolute Gasteiger partial charge is 0.462 e. The standard InChI is InChI=1S/C51H56FN11O7/c1-26(2)42(58-50(66)68-6)47(64)61-18-10-14-37(61)44-53-24-33(55-44)28-16-17-35-30(20-28)22-39-41-31(52)21-29(23-40(41)70-49(63(35)39)46-57-32-12-8-9-13-36(32)60(46)5)34-25-54-45(56-34)38-15-11-19-62(38)48(65)43(27(3)4)59-51(67)69-7/h8-9,12-13,16-17,20-27,37-38,42-43,49H,10-11,14-15,18-19H2,1-7H3,(H,53,55)(H,54,56)(H,58,66)(H,59,67)/t37-,38-,42-,43-,49?/m0/s1. The molecule has 5 atom stereocenters. The Kier molecular flexibility index (Phi) is 12.1. The van der Waals surface area contributed by atoms with E-state index in [2.05, 4.69) is 20.6 Å². The maximum Gasteiger partial charge on any atom is 0.407 e. The van der Waals surface area contributed by atoms with E-state index >= 15 is 4.39 Å². The van der Waals surface area contributed by atoms with Gasteiger partial charge in [-0.05, 0) is 80.0 Å². The van der Waals surface area contributed by atoms with Crippen LogP contribution < -0.4 is 15.4 Å². The summed E-state index contributed by atoms with van der Waals surface area (Å²) >= 11 is 0. The van der Waals surface area contributed by atoms with E-state index in [4.69, 9.17) is 29.2 Å². The molecule has 3 aliphatic heterocycles. The number of benzene rings is 3. The van der Waals surface area contributed by atoms with Gasteiger partial charge in [-0.15, -0.1) is 0 Å². The Balaban J connectivity index is 0.992. The number of alkyl carbamates (subject to hydrolysis) is 2. The number of halogens is 1. The first-order valence-electron chi connectivity index (χ1n) is 23.7. The third kappa shape index (κ3) is 8.05. The number of nitrogens with zero attached hydrogens (tertiary/aromatic N) is 7. The quantitative estimate of drug-likeness (QED) is 0.0979. The van der Waals surface area contributed by atoms with Crippen molar-refractivity contribution in [2.75, 3.05) is 27.3 Å². The summed E-state index contributed by atoms with van der Waals surface area (Å²) < 4.78 is 37.5. The number of aromatic nitrogens is 7. The molecule has 364 valence electrons. The van der Waals surface area contributed by atoms with Crippen molar-refractivity contribution >= 4 is 45.9 Å². The average Bonchev–Trinajstić information content (AvgIpc) is 4.22. The molecule has 4 aromatic heterocycles. The summed E-state index contributed by atoms with van der Waals surface area (Å²) in [4.78, 5) is 76.9. The Labute approximate surface area is 402 Å². The molecule has 0 bridgehead atoms. The van der Waals surface area contributed by atoms with Crippen LogP contribution in [0, 0.1) is 17.7 Å². The highest BCUT2D eigenvalue weighted by Gasteiger charge is 2.40. The van der Waals surface area contributed by atoms with E-state index < -0.39 is 36.3 Å². The first-order valence-corrected chi connectivity index (χ1v) is 23.7. The summed E-state index contributed by atoms with van der Waals surface area (Å²) in [7, 11) is 4.48. The number of aromatic amines is 2. The lowest BCUT2D eigenvalue weighted by Gasteiger charge is -2.30. The number of fused-ring (bicyclic) bond motifs is 6. The molecule has 2 saturated heterocycles. The lowest BCUT2D eigenvalue weighted by molar-refractivity contribution is -0.136. The third-order valence-electron chi connectivity index (χ3n) is 14.0. The molecule has 0 radical (unpaired) electrons. The zero-order valence-electron chi connectivity index (χ0n) is 40.1. The van der Waals surface area contributed by atoms with E-state index in [1.165, 1.54) is 20.3 Å². The first kappa shape index (κ1) is 46.1. The van der Waals surface area contributed by atoms with E-state index in [9.17, 15) is 19.2 Å². The van der Waals surface area contributed by atoms with Crippen LogP contribution in [-0.2, 0) is 26.1 Å². The molecular formula is C51H56FN11O7. The van der Waals surface area contributed by atoms with Crippen LogP contribution >= 0.6 is 0 Å². The van der Waals surface area contributed by atoms with Crippen LogP contribution in [0.1, 0.15) is 89.2 Å². The average molecular weight is 954 g/mol. The fourth-order valence-electron chi connectivity index (χ4n) is 10.3. The third-order valence-corrected chi connectivity index (χ3v) is 14.0. The summed E-state index contributed by atoms with van der Waals surface area (Å²) in [5, 5.41) is 6.22. The number of aryl methyl sites for hydroxylation is 1. The van der Waals surface area contributed by atoms with Crippen LogP contribution in [-0.4, -0.2) is 107 Å². The molecule has 3 aliphatic rings. The lowest BCUT2D eigenvalue weighted by atomic mass is 10.0. The summed E-state index contributed by atoms with van der Waals surface area (Å²) in [6, 6.07) is 16.8. The topological polar surface area (TPSA) is 207 Å². The van der Waals surface area contributed by atoms with Crippen molar-refractivity contribution < 1.29 is 37.8 Å². The van der Waals surface area contributed by atoms with Gasteiger partial charge in [0.1, 0.15) is 35.3 Å². The van der Waals surface area contributed by atoms with Crippen molar-refractivity contribution in [3.05, 3.63) is 96.3 Å². The molecule has 1 unspecified atom stereocenters. The molecule has 0 saturated carbocycles.